The molecule has 15 heavy (non-hydrogen) atoms. The number of hydrogen-bond donors (Lipinski definition) is 1. The van der Waals surface area contributed by atoms with E-state index < -0.39 is 0 Å². The van der Waals surface area contributed by atoms with Gasteiger partial charge < -0.3 is 10.1 Å². The third-order valence-electron chi connectivity index (χ3n) is 1.86. The highest BCUT2D eigenvalue weighted by Crippen LogP contribution is 2.21. The Bertz CT molecular complexity index is 360. The van der Waals surface area contributed by atoms with Crippen LogP contribution in [0.25, 0.3) is 0 Å². The molecule has 0 aromatic heterocycles. The number of nitrogens with one attached hydrogen (secondary N) is 1. The largest absolute Gasteiger partial charge is 0.492 e. The van der Waals surface area contributed by atoms with Crippen LogP contribution in [0.4, 0.5) is 0 Å². The summed E-state index contributed by atoms with van der Waals surface area (Å²) in [7, 11) is 0. The minimum absolute atomic E-state index is 0.429. The second-order valence-corrected chi connectivity index (χ2v) is 3.36. The Morgan fingerprint density at radius 1 is 1.53 bits per heavy atom. The Labute approximate surface area is 94.6 Å². The van der Waals surface area contributed by atoms with Gasteiger partial charge in [0.15, 0.2) is 0 Å². The van der Waals surface area contributed by atoms with Crippen molar-refractivity contribution >= 4 is 11.6 Å². The fraction of sp³-hybridized carbons (Fsp3) is 0.364. The quantitative estimate of drug-likeness (QED) is 0.780. The monoisotopic (exact) mass is 224 g/mol. The molecular formula is C11H13ClN2O. The van der Waals surface area contributed by atoms with Crippen LogP contribution >= 0.6 is 11.6 Å². The Morgan fingerprint density at radius 3 is 2.93 bits per heavy atom. The van der Waals surface area contributed by atoms with Crippen LogP contribution < -0.4 is 10.1 Å². The SMILES string of the molecule is CCNCCOc1ccc(C#N)c(Cl)c1. The molecule has 4 heteroatoms. The van der Waals surface area contributed by atoms with Crippen LogP contribution in [-0.4, -0.2) is 19.7 Å². The molecule has 0 saturated heterocycles. The molecule has 3 nitrogen and oxygen atoms in total. The molecule has 1 rings (SSSR count). The first-order valence-corrected chi connectivity index (χ1v) is 5.19. The average Bonchev–Trinajstić information content (AvgIpc) is 2.25. The molecule has 0 heterocycles. The first-order valence-electron chi connectivity index (χ1n) is 4.81. The predicted molar refractivity (Wildman–Crippen MR) is 60.2 cm³/mol. The fourth-order valence-corrected chi connectivity index (χ4v) is 1.31. The maximum atomic E-state index is 8.67. The van der Waals surface area contributed by atoms with Gasteiger partial charge in [-0.1, -0.05) is 18.5 Å². The standard InChI is InChI=1S/C11H13ClN2O/c1-2-14-5-6-15-10-4-3-9(8-13)11(12)7-10/h3-4,7,14H,2,5-6H2,1H3. The number of hydrogen-bond acceptors (Lipinski definition) is 3. The zero-order valence-electron chi connectivity index (χ0n) is 8.59. The molecule has 0 amide bonds. The van der Waals surface area contributed by atoms with Crippen LogP contribution in [0.5, 0.6) is 5.75 Å². The molecule has 0 aliphatic heterocycles. The van der Waals surface area contributed by atoms with Crippen molar-refractivity contribution < 1.29 is 4.74 Å². The highest BCUT2D eigenvalue weighted by molar-refractivity contribution is 6.31. The molecule has 1 aromatic carbocycles. The Kier molecular flexibility index (Phi) is 4.96. The summed E-state index contributed by atoms with van der Waals surface area (Å²) in [5.74, 6) is 0.692. The molecule has 0 radical (unpaired) electrons. The number of rotatable bonds is 5. The summed E-state index contributed by atoms with van der Waals surface area (Å²) >= 11 is 5.85. The van der Waals surface area contributed by atoms with Gasteiger partial charge in [-0.05, 0) is 18.7 Å². The molecule has 0 fully saturated rings. The summed E-state index contributed by atoms with van der Waals surface area (Å²) in [5.41, 5.74) is 0.468. The smallest absolute Gasteiger partial charge is 0.120 e. The molecular weight excluding hydrogens is 212 g/mol. The van der Waals surface area contributed by atoms with Crippen LogP contribution in [0.3, 0.4) is 0 Å². The summed E-state index contributed by atoms with van der Waals surface area (Å²) in [6.07, 6.45) is 0. The summed E-state index contributed by atoms with van der Waals surface area (Å²) < 4.78 is 5.43. The van der Waals surface area contributed by atoms with Gasteiger partial charge in [0.25, 0.3) is 0 Å². The molecule has 0 spiro atoms. The van der Waals surface area contributed by atoms with Gasteiger partial charge in [-0.3, -0.25) is 0 Å². The second-order valence-electron chi connectivity index (χ2n) is 2.96. The van der Waals surface area contributed by atoms with Gasteiger partial charge in [-0.15, -0.1) is 0 Å². The number of nitrogens with zero attached hydrogens (tertiary/aromatic N) is 1. The van der Waals surface area contributed by atoms with Crippen LogP contribution in [-0.2, 0) is 0 Å². The van der Waals surface area contributed by atoms with Gasteiger partial charge >= 0.3 is 0 Å². The molecule has 0 saturated carbocycles. The molecule has 80 valence electrons. The fourth-order valence-electron chi connectivity index (χ4n) is 1.09. The van der Waals surface area contributed by atoms with E-state index in [9.17, 15) is 0 Å². The third kappa shape index (κ3) is 3.78. The van der Waals surface area contributed by atoms with Gasteiger partial charge in [-0.25, -0.2) is 0 Å². The number of ether oxygens (including phenoxy) is 1. The van der Waals surface area contributed by atoms with Crippen LogP contribution in [0.15, 0.2) is 18.2 Å². The van der Waals surface area contributed by atoms with Crippen molar-refractivity contribution in [1.82, 2.24) is 5.32 Å². The van der Waals surface area contributed by atoms with E-state index >= 15 is 0 Å². The van der Waals surface area contributed by atoms with E-state index in [-0.39, 0.29) is 0 Å². The minimum atomic E-state index is 0.429. The zero-order valence-corrected chi connectivity index (χ0v) is 9.34. The van der Waals surface area contributed by atoms with Crippen molar-refractivity contribution in [3.05, 3.63) is 28.8 Å². The van der Waals surface area contributed by atoms with E-state index in [1.165, 1.54) is 0 Å². The first-order chi connectivity index (χ1) is 7.27. The molecule has 1 aromatic rings. The van der Waals surface area contributed by atoms with Crippen LogP contribution in [0.1, 0.15) is 12.5 Å². The third-order valence-corrected chi connectivity index (χ3v) is 2.17. The van der Waals surface area contributed by atoms with Gasteiger partial charge in [-0.2, -0.15) is 5.26 Å². The highest BCUT2D eigenvalue weighted by atomic mass is 35.5. The lowest BCUT2D eigenvalue weighted by molar-refractivity contribution is 0.315. The van der Waals surface area contributed by atoms with E-state index in [4.69, 9.17) is 21.6 Å². The maximum Gasteiger partial charge on any atom is 0.120 e. The summed E-state index contributed by atoms with van der Waals surface area (Å²) in [6.45, 7) is 4.36. The number of halogens is 1. The van der Waals surface area contributed by atoms with Crippen molar-refractivity contribution in [2.45, 2.75) is 6.92 Å². The van der Waals surface area contributed by atoms with Gasteiger partial charge in [0, 0.05) is 12.6 Å². The molecule has 0 bridgehead atoms. The van der Waals surface area contributed by atoms with E-state index in [1.807, 2.05) is 13.0 Å². The van der Waals surface area contributed by atoms with E-state index in [0.29, 0.717) is 22.9 Å². The Morgan fingerprint density at radius 2 is 2.33 bits per heavy atom. The average molecular weight is 225 g/mol. The van der Waals surface area contributed by atoms with Crippen molar-refractivity contribution in [1.29, 1.82) is 5.26 Å². The molecule has 0 aliphatic rings. The Hall–Kier alpha value is -1.24. The molecule has 0 aliphatic carbocycles. The van der Waals surface area contributed by atoms with Crippen LogP contribution in [0.2, 0.25) is 5.02 Å². The number of nitriles is 1. The molecule has 0 unspecified atom stereocenters. The van der Waals surface area contributed by atoms with E-state index in [0.717, 1.165) is 13.1 Å². The second kappa shape index (κ2) is 6.28. The van der Waals surface area contributed by atoms with Gasteiger partial charge in [0.2, 0.25) is 0 Å². The maximum absolute atomic E-state index is 8.67. The Balaban J connectivity index is 2.49. The van der Waals surface area contributed by atoms with Crippen molar-refractivity contribution in [3.8, 4) is 11.8 Å². The van der Waals surface area contributed by atoms with Crippen molar-refractivity contribution in [2.75, 3.05) is 19.7 Å². The van der Waals surface area contributed by atoms with E-state index in [1.54, 1.807) is 18.2 Å². The highest BCUT2D eigenvalue weighted by Gasteiger charge is 2.01. The van der Waals surface area contributed by atoms with E-state index in [2.05, 4.69) is 5.32 Å². The summed E-state index contributed by atoms with van der Waals surface area (Å²) in [5, 5.41) is 12.2. The number of benzene rings is 1. The van der Waals surface area contributed by atoms with Gasteiger partial charge in [0.05, 0.1) is 10.6 Å². The normalized spacial score (nSPS) is 9.67. The minimum Gasteiger partial charge on any atom is -0.492 e. The zero-order chi connectivity index (χ0) is 11.1. The van der Waals surface area contributed by atoms with Crippen molar-refractivity contribution in [2.24, 2.45) is 0 Å². The molecule has 1 N–H and O–H groups in total. The topological polar surface area (TPSA) is 45.0 Å². The first kappa shape index (κ1) is 11.8. The van der Waals surface area contributed by atoms with Crippen molar-refractivity contribution in [3.63, 3.8) is 0 Å². The number of likely N-dealkylation sites (N-methyl/N-ethyl adjacent to an activating group) is 1. The summed E-state index contributed by atoms with van der Waals surface area (Å²) in [4.78, 5) is 0. The van der Waals surface area contributed by atoms with Gasteiger partial charge in [0.1, 0.15) is 18.4 Å². The van der Waals surface area contributed by atoms with Crippen LogP contribution in [0, 0.1) is 11.3 Å². The lowest BCUT2D eigenvalue weighted by atomic mass is 10.2. The molecule has 0 atom stereocenters. The predicted octanol–water partition coefficient (Wildman–Crippen LogP) is 2.20. The lowest BCUT2D eigenvalue weighted by Gasteiger charge is -2.06. The lowest BCUT2D eigenvalue weighted by Crippen LogP contribution is -2.20. The summed E-state index contributed by atoms with van der Waals surface area (Å²) in [6, 6.07) is 7.06.